The third-order valence-corrected chi connectivity index (χ3v) is 4.95. The average Bonchev–Trinajstić information content (AvgIpc) is 3.36. The highest BCUT2D eigenvalue weighted by molar-refractivity contribution is 5.61. The summed E-state index contributed by atoms with van der Waals surface area (Å²) in [6.07, 6.45) is 1.91. The average molecular weight is 364 g/mol. The fraction of sp³-hybridized carbons (Fsp3) is 0.318. The maximum atomic E-state index is 6.05. The van der Waals surface area contributed by atoms with Gasteiger partial charge >= 0.3 is 0 Å². The molecule has 1 saturated heterocycles. The molecule has 0 N–H and O–H groups in total. The second-order valence-electron chi connectivity index (χ2n) is 6.67. The Morgan fingerprint density at radius 1 is 1.00 bits per heavy atom. The number of imidazole rings is 1. The van der Waals surface area contributed by atoms with E-state index in [2.05, 4.69) is 28.8 Å². The first-order valence-corrected chi connectivity index (χ1v) is 9.20. The summed E-state index contributed by atoms with van der Waals surface area (Å²) >= 11 is 0. The van der Waals surface area contributed by atoms with E-state index >= 15 is 0 Å². The lowest BCUT2D eigenvalue weighted by molar-refractivity contribution is 0.0646. The molecule has 2 atom stereocenters. The number of nitrogens with zero attached hydrogens (tertiary/aromatic N) is 2. The smallest absolute Gasteiger partial charge is 0.103 e. The molecule has 5 nitrogen and oxygen atoms in total. The number of rotatable bonds is 7. The zero-order valence-corrected chi connectivity index (χ0v) is 15.5. The molecule has 0 spiro atoms. The van der Waals surface area contributed by atoms with Gasteiger partial charge in [-0.05, 0) is 5.56 Å². The van der Waals surface area contributed by atoms with Gasteiger partial charge in [0.25, 0.3) is 0 Å². The maximum absolute atomic E-state index is 6.05. The first-order chi connectivity index (χ1) is 13.4. The van der Waals surface area contributed by atoms with Gasteiger partial charge < -0.3 is 18.8 Å². The number of hydrogen-bond donors (Lipinski definition) is 0. The predicted octanol–water partition coefficient (Wildman–Crippen LogP) is 3.85. The van der Waals surface area contributed by atoms with Crippen molar-refractivity contribution in [3.8, 4) is 11.3 Å². The minimum Gasteiger partial charge on any atom is -0.377 e. The van der Waals surface area contributed by atoms with Crippen LogP contribution in [0, 0.1) is 0 Å². The third kappa shape index (κ3) is 3.95. The largest absolute Gasteiger partial charge is 0.377 e. The molecule has 3 aromatic rings. The van der Waals surface area contributed by atoms with Gasteiger partial charge in [0.2, 0.25) is 0 Å². The minimum atomic E-state index is 0.0238. The molecule has 140 valence electrons. The monoisotopic (exact) mass is 364 g/mol. The van der Waals surface area contributed by atoms with Gasteiger partial charge in [-0.2, -0.15) is 0 Å². The summed E-state index contributed by atoms with van der Waals surface area (Å²) < 4.78 is 19.5. The Balaban J connectivity index is 1.60. The van der Waals surface area contributed by atoms with Crippen LogP contribution in [0.1, 0.15) is 17.3 Å². The maximum Gasteiger partial charge on any atom is 0.103 e. The Morgan fingerprint density at radius 3 is 2.48 bits per heavy atom. The number of benzene rings is 2. The van der Waals surface area contributed by atoms with Crippen molar-refractivity contribution in [1.29, 1.82) is 0 Å². The van der Waals surface area contributed by atoms with Gasteiger partial charge in [-0.1, -0.05) is 60.7 Å². The Bertz CT molecular complexity index is 849. The van der Waals surface area contributed by atoms with Crippen molar-refractivity contribution in [2.75, 3.05) is 20.3 Å². The molecule has 0 bridgehead atoms. The van der Waals surface area contributed by atoms with E-state index in [9.17, 15) is 0 Å². The molecule has 27 heavy (non-hydrogen) atoms. The lowest BCUT2D eigenvalue weighted by Gasteiger charge is -2.20. The number of hydrogen-bond acceptors (Lipinski definition) is 4. The van der Waals surface area contributed by atoms with E-state index in [0.717, 1.165) is 22.5 Å². The SMILES string of the molecule is CO[C@@H]1COC[C@H]1n1cnc(-c2ccccc2)c1COCc1ccccc1. The normalized spacial score (nSPS) is 19.4. The van der Waals surface area contributed by atoms with Crippen LogP contribution in [0.5, 0.6) is 0 Å². The van der Waals surface area contributed by atoms with E-state index in [0.29, 0.717) is 26.4 Å². The fourth-order valence-corrected chi connectivity index (χ4v) is 3.50. The van der Waals surface area contributed by atoms with Crippen molar-refractivity contribution in [2.24, 2.45) is 0 Å². The third-order valence-electron chi connectivity index (χ3n) is 4.95. The zero-order valence-electron chi connectivity index (χ0n) is 15.5. The van der Waals surface area contributed by atoms with Crippen molar-refractivity contribution < 1.29 is 14.2 Å². The minimum absolute atomic E-state index is 0.0238. The van der Waals surface area contributed by atoms with Gasteiger partial charge in [0.1, 0.15) is 6.10 Å². The van der Waals surface area contributed by atoms with E-state index in [-0.39, 0.29) is 12.1 Å². The summed E-state index contributed by atoms with van der Waals surface area (Å²) in [5.74, 6) is 0. The Morgan fingerprint density at radius 2 is 1.74 bits per heavy atom. The molecule has 1 fully saturated rings. The van der Waals surface area contributed by atoms with Gasteiger partial charge in [-0.25, -0.2) is 4.98 Å². The standard InChI is InChI=1S/C22H24N2O3/c1-25-21-15-27-13-19(21)24-16-23-22(18-10-6-3-7-11-18)20(24)14-26-12-17-8-4-2-5-9-17/h2-11,16,19,21H,12-15H2,1H3/t19-,21-/m1/s1. The van der Waals surface area contributed by atoms with Crippen LogP contribution in [0.2, 0.25) is 0 Å². The summed E-state index contributed by atoms with van der Waals surface area (Å²) in [5.41, 5.74) is 4.24. The molecule has 2 aromatic carbocycles. The van der Waals surface area contributed by atoms with Gasteiger partial charge in [-0.3, -0.25) is 0 Å². The van der Waals surface area contributed by atoms with Crippen molar-refractivity contribution in [2.45, 2.75) is 25.4 Å². The van der Waals surface area contributed by atoms with E-state index in [4.69, 9.17) is 19.2 Å². The van der Waals surface area contributed by atoms with Gasteiger partial charge in [0.05, 0.1) is 50.2 Å². The van der Waals surface area contributed by atoms with Gasteiger partial charge in [0.15, 0.2) is 0 Å². The number of ether oxygens (including phenoxy) is 3. The van der Waals surface area contributed by atoms with Crippen molar-refractivity contribution in [3.63, 3.8) is 0 Å². The van der Waals surface area contributed by atoms with Crippen LogP contribution in [0.4, 0.5) is 0 Å². The lowest BCUT2D eigenvalue weighted by atomic mass is 10.1. The summed E-state index contributed by atoms with van der Waals surface area (Å²) in [7, 11) is 1.73. The van der Waals surface area contributed by atoms with Crippen LogP contribution in [-0.2, 0) is 27.4 Å². The highest BCUT2D eigenvalue weighted by Crippen LogP contribution is 2.30. The fourth-order valence-electron chi connectivity index (χ4n) is 3.50. The van der Waals surface area contributed by atoms with E-state index in [1.54, 1.807) is 7.11 Å². The van der Waals surface area contributed by atoms with Crippen LogP contribution < -0.4 is 0 Å². The van der Waals surface area contributed by atoms with Gasteiger partial charge in [0, 0.05) is 12.7 Å². The molecule has 5 heteroatoms. The molecule has 0 saturated carbocycles. The Hall–Kier alpha value is -2.47. The Kier molecular flexibility index (Phi) is 5.63. The molecule has 2 heterocycles. The van der Waals surface area contributed by atoms with Crippen molar-refractivity contribution >= 4 is 0 Å². The first-order valence-electron chi connectivity index (χ1n) is 9.20. The molecule has 0 amide bonds. The molecule has 0 radical (unpaired) electrons. The zero-order chi connectivity index (χ0) is 18.5. The molecule has 1 aromatic heterocycles. The van der Waals surface area contributed by atoms with E-state index in [1.165, 1.54) is 0 Å². The molecular formula is C22H24N2O3. The molecule has 0 aliphatic carbocycles. The van der Waals surface area contributed by atoms with Crippen LogP contribution >= 0.6 is 0 Å². The highest BCUT2D eigenvalue weighted by Gasteiger charge is 2.32. The van der Waals surface area contributed by atoms with Crippen LogP contribution in [0.15, 0.2) is 67.0 Å². The topological polar surface area (TPSA) is 45.5 Å². The second-order valence-corrected chi connectivity index (χ2v) is 6.67. The molecule has 1 aliphatic heterocycles. The van der Waals surface area contributed by atoms with Crippen LogP contribution in [-0.4, -0.2) is 36.0 Å². The highest BCUT2D eigenvalue weighted by atomic mass is 16.5. The van der Waals surface area contributed by atoms with Crippen LogP contribution in [0.3, 0.4) is 0 Å². The number of methoxy groups -OCH3 is 1. The first kappa shape index (κ1) is 17.9. The van der Waals surface area contributed by atoms with E-state index in [1.807, 2.05) is 42.7 Å². The molecule has 1 aliphatic rings. The summed E-state index contributed by atoms with van der Waals surface area (Å²) in [6.45, 7) is 2.26. The molecule has 0 unspecified atom stereocenters. The quantitative estimate of drug-likeness (QED) is 0.639. The molecule has 4 rings (SSSR count). The summed E-state index contributed by atoms with van der Waals surface area (Å²) in [4.78, 5) is 4.70. The number of aromatic nitrogens is 2. The lowest BCUT2D eigenvalue weighted by Crippen LogP contribution is -2.25. The van der Waals surface area contributed by atoms with Crippen molar-refractivity contribution in [1.82, 2.24) is 9.55 Å². The summed E-state index contributed by atoms with van der Waals surface area (Å²) in [6, 6.07) is 20.5. The second kappa shape index (κ2) is 8.48. The van der Waals surface area contributed by atoms with Crippen molar-refractivity contribution in [3.05, 3.63) is 78.2 Å². The van der Waals surface area contributed by atoms with Crippen LogP contribution in [0.25, 0.3) is 11.3 Å². The Labute approximate surface area is 159 Å². The summed E-state index contributed by atoms with van der Waals surface area (Å²) in [5, 5.41) is 0. The predicted molar refractivity (Wildman–Crippen MR) is 103 cm³/mol. The molecular weight excluding hydrogens is 340 g/mol. The van der Waals surface area contributed by atoms with E-state index < -0.39 is 0 Å². The van der Waals surface area contributed by atoms with Gasteiger partial charge in [-0.15, -0.1) is 0 Å².